The van der Waals surface area contributed by atoms with Crippen LogP contribution in [0.4, 0.5) is 0 Å². The highest BCUT2D eigenvalue weighted by molar-refractivity contribution is 4.87. The fourth-order valence-electron chi connectivity index (χ4n) is 1.31. The second-order valence-electron chi connectivity index (χ2n) is 3.35. The van der Waals surface area contributed by atoms with Gasteiger partial charge in [-0.1, -0.05) is 19.9 Å². The second kappa shape index (κ2) is 3.20. The average Bonchev–Trinajstić information content (AvgIpc) is 2.34. The third kappa shape index (κ3) is 1.60. The minimum Gasteiger partial charge on any atom is -0.374 e. The highest BCUT2D eigenvalue weighted by Crippen LogP contribution is 2.26. The van der Waals surface area contributed by atoms with Crippen molar-refractivity contribution in [1.29, 1.82) is 0 Å². The Balaban J connectivity index is 2.35. The minimum atomic E-state index is 0.326. The molecule has 1 saturated heterocycles. The molecule has 0 aromatic heterocycles. The molecule has 0 bridgehead atoms. The molecule has 0 saturated carbocycles. The van der Waals surface area contributed by atoms with Crippen LogP contribution in [0.5, 0.6) is 0 Å². The topological polar surface area (TPSA) is 9.23 Å². The molecule has 1 fully saturated rings. The normalized spacial score (nSPS) is 33.1. The number of ether oxygens (including phenoxy) is 1. The third-order valence-corrected chi connectivity index (χ3v) is 2.27. The molecular weight excluding hydrogens is 124 g/mol. The van der Waals surface area contributed by atoms with Crippen molar-refractivity contribution < 1.29 is 4.74 Å². The summed E-state index contributed by atoms with van der Waals surface area (Å²) in [6.07, 6.45) is 3.40. The van der Waals surface area contributed by atoms with Gasteiger partial charge in [0.25, 0.3) is 0 Å². The molecule has 0 aliphatic carbocycles. The Morgan fingerprint density at radius 3 is 2.60 bits per heavy atom. The van der Waals surface area contributed by atoms with Gasteiger partial charge in [-0.3, -0.25) is 0 Å². The van der Waals surface area contributed by atoms with Gasteiger partial charge in [0.05, 0.1) is 12.7 Å². The first-order chi connectivity index (χ1) is 4.74. The molecule has 0 N–H and O–H groups in total. The van der Waals surface area contributed by atoms with Crippen molar-refractivity contribution >= 4 is 0 Å². The summed E-state index contributed by atoms with van der Waals surface area (Å²) >= 11 is 0. The number of hydrogen-bond acceptors (Lipinski definition) is 1. The van der Waals surface area contributed by atoms with Crippen molar-refractivity contribution in [2.45, 2.75) is 26.4 Å². The lowest BCUT2D eigenvalue weighted by Gasteiger charge is -2.10. The van der Waals surface area contributed by atoms with Gasteiger partial charge in [0.2, 0.25) is 0 Å². The summed E-state index contributed by atoms with van der Waals surface area (Å²) in [5, 5.41) is 0. The zero-order chi connectivity index (χ0) is 7.56. The maximum atomic E-state index is 5.46. The molecule has 0 radical (unpaired) electrons. The van der Waals surface area contributed by atoms with Crippen LogP contribution in [0.15, 0.2) is 12.7 Å². The molecule has 1 aliphatic rings. The molecule has 1 nitrogen and oxygen atoms in total. The molecule has 2 atom stereocenters. The van der Waals surface area contributed by atoms with E-state index in [2.05, 4.69) is 20.4 Å². The first kappa shape index (κ1) is 7.80. The van der Waals surface area contributed by atoms with Crippen LogP contribution in [0.3, 0.4) is 0 Å². The SMILES string of the molecule is C=C[C@@H]1C[C@H](C(C)C)CO1. The van der Waals surface area contributed by atoms with E-state index in [0.717, 1.165) is 18.4 Å². The van der Waals surface area contributed by atoms with Gasteiger partial charge in [0, 0.05) is 0 Å². The monoisotopic (exact) mass is 140 g/mol. The van der Waals surface area contributed by atoms with Gasteiger partial charge in [0.15, 0.2) is 0 Å². The van der Waals surface area contributed by atoms with E-state index < -0.39 is 0 Å². The van der Waals surface area contributed by atoms with E-state index in [1.54, 1.807) is 0 Å². The highest BCUT2D eigenvalue weighted by atomic mass is 16.5. The van der Waals surface area contributed by atoms with Gasteiger partial charge in [0.1, 0.15) is 0 Å². The Morgan fingerprint density at radius 1 is 1.60 bits per heavy atom. The molecule has 0 amide bonds. The fourth-order valence-corrected chi connectivity index (χ4v) is 1.31. The molecule has 1 heteroatoms. The lowest BCUT2D eigenvalue weighted by molar-refractivity contribution is 0.134. The van der Waals surface area contributed by atoms with Crippen LogP contribution in [-0.2, 0) is 4.74 Å². The third-order valence-electron chi connectivity index (χ3n) is 2.27. The van der Waals surface area contributed by atoms with Crippen LogP contribution in [0.25, 0.3) is 0 Å². The Bertz CT molecular complexity index is 118. The summed E-state index contributed by atoms with van der Waals surface area (Å²) in [5.74, 6) is 1.51. The molecule has 1 aliphatic heterocycles. The zero-order valence-electron chi connectivity index (χ0n) is 6.84. The van der Waals surface area contributed by atoms with Crippen molar-refractivity contribution in [3.8, 4) is 0 Å². The van der Waals surface area contributed by atoms with E-state index in [1.165, 1.54) is 6.42 Å². The summed E-state index contributed by atoms with van der Waals surface area (Å²) in [6.45, 7) is 9.14. The maximum Gasteiger partial charge on any atom is 0.0756 e. The van der Waals surface area contributed by atoms with Crippen LogP contribution in [-0.4, -0.2) is 12.7 Å². The van der Waals surface area contributed by atoms with Crippen LogP contribution in [0.1, 0.15) is 20.3 Å². The van der Waals surface area contributed by atoms with Gasteiger partial charge < -0.3 is 4.74 Å². The van der Waals surface area contributed by atoms with Crippen molar-refractivity contribution in [1.82, 2.24) is 0 Å². The van der Waals surface area contributed by atoms with Crippen LogP contribution in [0, 0.1) is 11.8 Å². The molecule has 1 rings (SSSR count). The van der Waals surface area contributed by atoms with Crippen molar-refractivity contribution in [3.63, 3.8) is 0 Å². The Kier molecular flexibility index (Phi) is 2.50. The number of rotatable bonds is 2. The van der Waals surface area contributed by atoms with E-state index in [1.807, 2.05) is 6.08 Å². The molecule has 0 aromatic carbocycles. The van der Waals surface area contributed by atoms with Gasteiger partial charge in [-0.15, -0.1) is 6.58 Å². The summed E-state index contributed by atoms with van der Waals surface area (Å²) in [6, 6.07) is 0. The first-order valence-electron chi connectivity index (χ1n) is 3.98. The van der Waals surface area contributed by atoms with Crippen LogP contribution >= 0.6 is 0 Å². The van der Waals surface area contributed by atoms with Crippen molar-refractivity contribution in [2.24, 2.45) is 11.8 Å². The minimum absolute atomic E-state index is 0.326. The van der Waals surface area contributed by atoms with E-state index >= 15 is 0 Å². The maximum absolute atomic E-state index is 5.46. The van der Waals surface area contributed by atoms with Gasteiger partial charge in [-0.05, 0) is 18.3 Å². The van der Waals surface area contributed by atoms with Crippen molar-refractivity contribution in [3.05, 3.63) is 12.7 Å². The Hall–Kier alpha value is -0.300. The molecule has 0 aromatic rings. The molecule has 0 unspecified atom stereocenters. The second-order valence-corrected chi connectivity index (χ2v) is 3.35. The first-order valence-corrected chi connectivity index (χ1v) is 3.98. The summed E-state index contributed by atoms with van der Waals surface area (Å²) in [4.78, 5) is 0. The van der Waals surface area contributed by atoms with Gasteiger partial charge in [-0.25, -0.2) is 0 Å². The summed E-state index contributed by atoms with van der Waals surface area (Å²) < 4.78 is 5.46. The molecule has 10 heavy (non-hydrogen) atoms. The van der Waals surface area contributed by atoms with Gasteiger partial charge >= 0.3 is 0 Å². The van der Waals surface area contributed by atoms with Crippen LogP contribution in [0.2, 0.25) is 0 Å². The van der Waals surface area contributed by atoms with E-state index in [0.29, 0.717) is 6.10 Å². The van der Waals surface area contributed by atoms with E-state index in [-0.39, 0.29) is 0 Å². The van der Waals surface area contributed by atoms with E-state index in [4.69, 9.17) is 4.74 Å². The van der Waals surface area contributed by atoms with Crippen molar-refractivity contribution in [2.75, 3.05) is 6.61 Å². The van der Waals surface area contributed by atoms with E-state index in [9.17, 15) is 0 Å². The average molecular weight is 140 g/mol. The predicted octanol–water partition coefficient (Wildman–Crippen LogP) is 2.23. The number of hydrogen-bond donors (Lipinski definition) is 0. The molecular formula is C9H16O. The highest BCUT2D eigenvalue weighted by Gasteiger charge is 2.25. The van der Waals surface area contributed by atoms with Gasteiger partial charge in [-0.2, -0.15) is 0 Å². The summed E-state index contributed by atoms with van der Waals surface area (Å²) in [5.41, 5.74) is 0. The lowest BCUT2D eigenvalue weighted by Crippen LogP contribution is -2.07. The van der Waals surface area contributed by atoms with Crippen LogP contribution < -0.4 is 0 Å². The molecule has 1 heterocycles. The smallest absolute Gasteiger partial charge is 0.0756 e. The lowest BCUT2D eigenvalue weighted by atomic mass is 9.93. The summed E-state index contributed by atoms with van der Waals surface area (Å²) in [7, 11) is 0. The Labute approximate surface area is 63.1 Å². The molecule has 0 spiro atoms. The fraction of sp³-hybridized carbons (Fsp3) is 0.778. The zero-order valence-corrected chi connectivity index (χ0v) is 6.84. The standard InChI is InChI=1S/C9H16O/c1-4-9-5-8(6-10-9)7(2)3/h4,7-9H,1,5-6H2,2-3H3/t8-,9+/m0/s1. The quantitative estimate of drug-likeness (QED) is 0.534. The largest absolute Gasteiger partial charge is 0.374 e. The molecule has 58 valence electrons. The predicted molar refractivity (Wildman–Crippen MR) is 42.9 cm³/mol. The Morgan fingerprint density at radius 2 is 2.30 bits per heavy atom.